The molecule has 7 heteroatoms. The molecule has 33 heavy (non-hydrogen) atoms. The van der Waals surface area contributed by atoms with E-state index in [1.165, 1.54) is 0 Å². The molecule has 1 aliphatic heterocycles. The highest BCUT2D eigenvalue weighted by Gasteiger charge is 2.23. The lowest BCUT2D eigenvalue weighted by atomic mass is 9.92. The van der Waals surface area contributed by atoms with Crippen LogP contribution in [-0.4, -0.2) is 26.9 Å². The lowest BCUT2D eigenvalue weighted by molar-refractivity contribution is 0.228. The highest BCUT2D eigenvalue weighted by Crippen LogP contribution is 2.38. The van der Waals surface area contributed by atoms with Gasteiger partial charge in [-0.25, -0.2) is 9.97 Å². The maximum absolute atomic E-state index is 6.40. The molecule has 0 fully saturated rings. The second kappa shape index (κ2) is 8.24. The number of nitrogens with zero attached hydrogens (tertiary/aromatic N) is 4. The number of nitrogens with two attached hydrogens (primary N) is 1. The van der Waals surface area contributed by atoms with Gasteiger partial charge in [0.25, 0.3) is 0 Å². The van der Waals surface area contributed by atoms with E-state index in [4.69, 9.17) is 20.2 Å². The van der Waals surface area contributed by atoms with Crippen molar-refractivity contribution in [1.82, 2.24) is 19.7 Å². The molecule has 0 spiro atoms. The minimum Gasteiger partial charge on any atom is -0.482 e. The van der Waals surface area contributed by atoms with Gasteiger partial charge in [-0.1, -0.05) is 29.8 Å². The van der Waals surface area contributed by atoms with Crippen molar-refractivity contribution in [3.8, 4) is 34.1 Å². The molecule has 0 amide bonds. The molecule has 0 unspecified atom stereocenters. The molecule has 5 rings (SSSR count). The van der Waals surface area contributed by atoms with Gasteiger partial charge in [0.1, 0.15) is 6.10 Å². The molecule has 7 nitrogen and oxygen atoms in total. The Kier molecular flexibility index (Phi) is 5.24. The summed E-state index contributed by atoms with van der Waals surface area (Å²) in [5, 5.41) is 4.63. The van der Waals surface area contributed by atoms with Crippen LogP contribution in [0, 0.1) is 6.92 Å². The van der Waals surface area contributed by atoms with Crippen LogP contribution >= 0.6 is 0 Å². The zero-order valence-electron chi connectivity index (χ0n) is 19.3. The van der Waals surface area contributed by atoms with Crippen molar-refractivity contribution in [2.45, 2.75) is 39.8 Å². The van der Waals surface area contributed by atoms with E-state index < -0.39 is 0 Å². The Morgan fingerprint density at radius 3 is 2.79 bits per heavy atom. The predicted octanol–water partition coefficient (Wildman–Crippen LogP) is 4.97. The summed E-state index contributed by atoms with van der Waals surface area (Å²) in [5.74, 6) is 1.49. The van der Waals surface area contributed by atoms with E-state index in [-0.39, 0.29) is 6.10 Å². The van der Waals surface area contributed by atoms with Crippen molar-refractivity contribution in [3.63, 3.8) is 0 Å². The first-order valence-corrected chi connectivity index (χ1v) is 11.1. The van der Waals surface area contributed by atoms with E-state index in [1.807, 2.05) is 29.9 Å². The third-order valence-electron chi connectivity index (χ3n) is 6.12. The van der Waals surface area contributed by atoms with Crippen LogP contribution < -0.4 is 15.2 Å². The number of anilines is 1. The van der Waals surface area contributed by atoms with Crippen LogP contribution in [0.5, 0.6) is 11.6 Å². The number of benzene rings is 1. The number of pyridine rings is 2. The first kappa shape index (κ1) is 21.0. The molecule has 2 bridgehead atoms. The first-order valence-electron chi connectivity index (χ1n) is 11.1. The van der Waals surface area contributed by atoms with Gasteiger partial charge in [0.15, 0.2) is 11.6 Å². The first-order chi connectivity index (χ1) is 16.0. The van der Waals surface area contributed by atoms with Crippen LogP contribution in [0.4, 0.5) is 5.82 Å². The van der Waals surface area contributed by atoms with Crippen LogP contribution in [0.1, 0.15) is 42.2 Å². The van der Waals surface area contributed by atoms with E-state index in [0.29, 0.717) is 23.9 Å². The van der Waals surface area contributed by atoms with Gasteiger partial charge in [0.2, 0.25) is 5.88 Å². The molecule has 0 saturated carbocycles. The predicted molar refractivity (Wildman–Crippen MR) is 128 cm³/mol. The minimum atomic E-state index is -0.268. The number of rotatable bonds is 2. The molecule has 0 aliphatic carbocycles. The number of ether oxygens (including phenoxy) is 2. The number of aryl methyl sites for hydroxylation is 2. The summed E-state index contributed by atoms with van der Waals surface area (Å²) in [5.41, 5.74) is 14.4. The van der Waals surface area contributed by atoms with Gasteiger partial charge in [0, 0.05) is 47.5 Å². The van der Waals surface area contributed by atoms with E-state index in [9.17, 15) is 0 Å². The van der Waals surface area contributed by atoms with Gasteiger partial charge >= 0.3 is 0 Å². The van der Waals surface area contributed by atoms with Crippen molar-refractivity contribution in [2.24, 2.45) is 0 Å². The second-order valence-electron chi connectivity index (χ2n) is 8.33. The Hall–Kier alpha value is -3.87. The van der Waals surface area contributed by atoms with E-state index >= 15 is 0 Å². The number of hydrogen-bond acceptors (Lipinski definition) is 6. The molecule has 168 valence electrons. The minimum absolute atomic E-state index is 0.268. The Morgan fingerprint density at radius 1 is 1.15 bits per heavy atom. The Bertz CT molecular complexity index is 1340. The summed E-state index contributed by atoms with van der Waals surface area (Å²) in [6.45, 7) is 6.91. The van der Waals surface area contributed by atoms with Gasteiger partial charge in [-0.3, -0.25) is 4.68 Å². The summed E-state index contributed by atoms with van der Waals surface area (Å²) in [4.78, 5) is 9.31. The van der Waals surface area contributed by atoms with E-state index in [1.54, 1.807) is 13.3 Å². The van der Waals surface area contributed by atoms with Gasteiger partial charge in [-0.2, -0.15) is 5.10 Å². The molecule has 4 aromatic rings. The molecule has 1 aromatic carbocycles. The van der Waals surface area contributed by atoms with Gasteiger partial charge < -0.3 is 15.2 Å². The molecule has 0 saturated heterocycles. The van der Waals surface area contributed by atoms with Crippen molar-refractivity contribution >= 4 is 5.82 Å². The average Bonchev–Trinajstić information content (AvgIpc) is 3.22. The molecule has 0 radical (unpaired) electrons. The maximum atomic E-state index is 6.40. The standard InChI is InChI=1S/C26H27N5O2/c1-5-31-25-18(14-29-31)11-17-7-9-23(32-4)30-24(17)20-8-6-15(2)10-21(20)16(3)33-22-12-19(25)13-28-26(22)27/h6-10,12-14,16H,5,11H2,1-4H3,(H2,27,28)/t16-/m1/s1. The fourth-order valence-electron chi connectivity index (χ4n) is 4.46. The average molecular weight is 442 g/mol. The van der Waals surface area contributed by atoms with Crippen molar-refractivity contribution in [3.05, 3.63) is 71.0 Å². The third-order valence-corrected chi connectivity index (χ3v) is 6.12. The molecule has 4 heterocycles. The lowest BCUT2D eigenvalue weighted by Gasteiger charge is -2.22. The highest BCUT2D eigenvalue weighted by atomic mass is 16.5. The zero-order valence-corrected chi connectivity index (χ0v) is 19.3. The maximum Gasteiger partial charge on any atom is 0.213 e. The largest absolute Gasteiger partial charge is 0.482 e. The summed E-state index contributed by atoms with van der Waals surface area (Å²) in [7, 11) is 1.64. The summed E-state index contributed by atoms with van der Waals surface area (Å²) < 4.78 is 13.9. The van der Waals surface area contributed by atoms with Gasteiger partial charge in [-0.15, -0.1) is 0 Å². The zero-order chi connectivity index (χ0) is 23.1. The molecular formula is C26H27N5O2. The summed E-state index contributed by atoms with van der Waals surface area (Å²) in [6.07, 6.45) is 4.12. The van der Waals surface area contributed by atoms with Crippen LogP contribution in [-0.2, 0) is 13.0 Å². The third kappa shape index (κ3) is 3.69. The second-order valence-corrected chi connectivity index (χ2v) is 8.33. The monoisotopic (exact) mass is 441 g/mol. The number of hydrogen-bond donors (Lipinski definition) is 1. The van der Waals surface area contributed by atoms with Crippen molar-refractivity contribution in [1.29, 1.82) is 0 Å². The Labute approximate surface area is 193 Å². The smallest absolute Gasteiger partial charge is 0.213 e. The lowest BCUT2D eigenvalue weighted by Crippen LogP contribution is -2.10. The van der Waals surface area contributed by atoms with E-state index in [0.717, 1.165) is 51.3 Å². The van der Waals surface area contributed by atoms with Gasteiger partial charge in [0.05, 0.1) is 24.7 Å². The summed E-state index contributed by atoms with van der Waals surface area (Å²) in [6, 6.07) is 12.3. The van der Waals surface area contributed by atoms with Crippen LogP contribution in [0.15, 0.2) is 48.8 Å². The van der Waals surface area contributed by atoms with Gasteiger partial charge in [-0.05, 0) is 32.4 Å². The SMILES string of the molecule is CCn1ncc2c1-c1cnc(N)c(c1)O[C@H](C)c1cc(C)ccc1-c1nc(OC)ccc1C2. The number of nitrogen functional groups attached to an aromatic ring is 1. The normalized spacial score (nSPS) is 14.7. The van der Waals surface area contributed by atoms with Crippen molar-refractivity contribution in [2.75, 3.05) is 12.8 Å². The molecule has 2 N–H and O–H groups in total. The van der Waals surface area contributed by atoms with E-state index in [2.05, 4.69) is 48.2 Å². The fraction of sp³-hybridized carbons (Fsp3) is 0.269. The highest BCUT2D eigenvalue weighted by molar-refractivity contribution is 5.72. The Morgan fingerprint density at radius 2 is 2.00 bits per heavy atom. The molecule has 1 atom stereocenters. The van der Waals surface area contributed by atoms with Crippen molar-refractivity contribution < 1.29 is 9.47 Å². The van der Waals surface area contributed by atoms with Crippen LogP contribution in [0.25, 0.3) is 22.5 Å². The summed E-state index contributed by atoms with van der Waals surface area (Å²) >= 11 is 0. The number of methoxy groups -OCH3 is 1. The molecule has 1 aliphatic rings. The number of fused-ring (bicyclic) bond motifs is 7. The quantitative estimate of drug-likeness (QED) is 0.472. The molecular weight excluding hydrogens is 414 g/mol. The molecule has 3 aromatic heterocycles. The number of aromatic nitrogens is 4. The van der Waals surface area contributed by atoms with Crippen LogP contribution in [0.3, 0.4) is 0 Å². The Balaban J connectivity index is 1.82. The topological polar surface area (TPSA) is 88.1 Å². The fourth-order valence-corrected chi connectivity index (χ4v) is 4.46. The van der Waals surface area contributed by atoms with Crippen LogP contribution in [0.2, 0.25) is 0 Å².